The van der Waals surface area contributed by atoms with E-state index in [-0.39, 0.29) is 0 Å². The second-order valence-electron chi connectivity index (χ2n) is 5.45. The van der Waals surface area contributed by atoms with Gasteiger partial charge in [-0.2, -0.15) is 5.26 Å². The van der Waals surface area contributed by atoms with Crippen molar-refractivity contribution in [3.05, 3.63) is 74.0 Å². The summed E-state index contributed by atoms with van der Waals surface area (Å²) in [5.41, 5.74) is 3.20. The first-order chi connectivity index (χ1) is 13.0. The van der Waals surface area contributed by atoms with E-state index in [1.807, 2.05) is 11.4 Å². The van der Waals surface area contributed by atoms with Crippen LogP contribution in [0.5, 0.6) is 0 Å². The van der Waals surface area contributed by atoms with E-state index < -0.39 is 5.97 Å². The lowest BCUT2D eigenvalue weighted by atomic mass is 10.1. The Morgan fingerprint density at radius 2 is 1.93 bits per heavy atom. The van der Waals surface area contributed by atoms with E-state index >= 15 is 0 Å². The molecule has 1 heterocycles. The van der Waals surface area contributed by atoms with Crippen LogP contribution in [0.3, 0.4) is 0 Å². The number of rotatable bonds is 4. The van der Waals surface area contributed by atoms with Crippen molar-refractivity contribution in [2.45, 2.75) is 0 Å². The molecule has 0 aliphatic heterocycles. The average Bonchev–Trinajstić information content (AvgIpc) is 3.18. The number of carbonyl (C=O) groups excluding carboxylic acids is 1. The summed E-state index contributed by atoms with van der Waals surface area (Å²) in [4.78, 5) is 16.0. The number of aromatic nitrogens is 1. The molecule has 2 aromatic carbocycles. The number of carbonyl (C=O) groups is 1. The zero-order valence-electron chi connectivity index (χ0n) is 14.1. The largest absolute Gasteiger partial charge is 0.465 e. The highest BCUT2D eigenvalue weighted by Crippen LogP contribution is 2.31. The predicted octanol–water partition coefficient (Wildman–Crippen LogP) is 5.97. The number of nitrogens with zero attached hydrogens (tertiary/aromatic N) is 2. The van der Waals surface area contributed by atoms with Gasteiger partial charge in [0.25, 0.3) is 0 Å². The minimum absolute atomic E-state index is 0.405. The molecule has 0 saturated heterocycles. The summed E-state index contributed by atoms with van der Waals surface area (Å²) >= 11 is 13.4. The molecule has 3 aromatic rings. The Balaban J connectivity index is 1.89. The van der Waals surface area contributed by atoms with Crippen LogP contribution in [-0.4, -0.2) is 18.1 Å². The van der Waals surface area contributed by atoms with Crippen molar-refractivity contribution in [3.8, 4) is 17.3 Å². The second kappa shape index (κ2) is 8.36. The van der Waals surface area contributed by atoms with Crippen LogP contribution in [0, 0.1) is 11.3 Å². The van der Waals surface area contributed by atoms with Crippen LogP contribution in [0.15, 0.2) is 47.8 Å². The fourth-order valence-electron chi connectivity index (χ4n) is 2.33. The van der Waals surface area contributed by atoms with Gasteiger partial charge in [-0.3, -0.25) is 0 Å². The van der Waals surface area contributed by atoms with Gasteiger partial charge in [0, 0.05) is 10.9 Å². The monoisotopic (exact) mass is 414 g/mol. The maximum atomic E-state index is 11.5. The molecule has 3 rings (SSSR count). The SMILES string of the molecule is COC(=O)c1ccc(C=C(C#N)c2nc(-c3ccc(Cl)c(Cl)c3)cs2)cc1. The molecular weight excluding hydrogens is 403 g/mol. The Morgan fingerprint density at radius 1 is 1.19 bits per heavy atom. The summed E-state index contributed by atoms with van der Waals surface area (Å²) < 4.78 is 4.68. The second-order valence-corrected chi connectivity index (χ2v) is 7.12. The maximum absolute atomic E-state index is 11.5. The van der Waals surface area contributed by atoms with Gasteiger partial charge in [-0.1, -0.05) is 41.4 Å². The minimum Gasteiger partial charge on any atom is -0.465 e. The molecule has 0 atom stereocenters. The maximum Gasteiger partial charge on any atom is 0.337 e. The molecule has 27 heavy (non-hydrogen) atoms. The van der Waals surface area contributed by atoms with Gasteiger partial charge in [-0.15, -0.1) is 11.3 Å². The van der Waals surface area contributed by atoms with E-state index in [2.05, 4.69) is 15.8 Å². The number of nitriles is 1. The smallest absolute Gasteiger partial charge is 0.337 e. The molecule has 0 spiro atoms. The summed E-state index contributed by atoms with van der Waals surface area (Å²) in [5.74, 6) is -0.405. The van der Waals surface area contributed by atoms with Gasteiger partial charge < -0.3 is 4.74 Å². The summed E-state index contributed by atoms with van der Waals surface area (Å²) in [6, 6.07) is 14.2. The van der Waals surface area contributed by atoms with Crippen molar-refractivity contribution in [2.75, 3.05) is 7.11 Å². The number of hydrogen-bond donors (Lipinski definition) is 0. The van der Waals surface area contributed by atoms with Crippen molar-refractivity contribution >= 4 is 52.2 Å². The lowest BCUT2D eigenvalue weighted by Crippen LogP contribution is -2.00. The molecule has 0 unspecified atom stereocenters. The Kier molecular flexibility index (Phi) is 5.92. The van der Waals surface area contributed by atoms with Gasteiger partial charge in [0.05, 0.1) is 34.0 Å². The summed E-state index contributed by atoms with van der Waals surface area (Å²) in [6.07, 6.45) is 1.72. The molecule has 0 bridgehead atoms. The van der Waals surface area contributed by atoms with E-state index in [1.54, 1.807) is 42.5 Å². The number of ether oxygens (including phenoxy) is 1. The normalized spacial score (nSPS) is 11.1. The number of esters is 1. The Labute approximate surface area is 170 Å². The Bertz CT molecular complexity index is 1070. The highest BCUT2D eigenvalue weighted by atomic mass is 35.5. The molecule has 0 aliphatic rings. The molecule has 0 amide bonds. The average molecular weight is 415 g/mol. The third-order valence-corrected chi connectivity index (χ3v) is 5.33. The zero-order chi connectivity index (χ0) is 19.4. The number of thiazole rings is 1. The molecule has 0 aliphatic carbocycles. The summed E-state index contributed by atoms with van der Waals surface area (Å²) in [5, 5.41) is 12.9. The molecule has 0 N–H and O–H groups in total. The van der Waals surface area contributed by atoms with E-state index in [4.69, 9.17) is 23.2 Å². The highest BCUT2D eigenvalue weighted by Gasteiger charge is 2.11. The number of halogens is 2. The van der Waals surface area contributed by atoms with E-state index in [0.717, 1.165) is 16.8 Å². The van der Waals surface area contributed by atoms with E-state index in [0.29, 0.717) is 26.2 Å². The topological polar surface area (TPSA) is 63.0 Å². The third kappa shape index (κ3) is 4.37. The predicted molar refractivity (Wildman–Crippen MR) is 109 cm³/mol. The minimum atomic E-state index is -0.405. The van der Waals surface area contributed by atoms with Crippen molar-refractivity contribution in [3.63, 3.8) is 0 Å². The lowest BCUT2D eigenvalue weighted by molar-refractivity contribution is 0.0600. The molecule has 134 valence electrons. The van der Waals surface area contributed by atoms with Crippen LogP contribution in [0.2, 0.25) is 10.0 Å². The third-order valence-electron chi connectivity index (χ3n) is 3.71. The van der Waals surface area contributed by atoms with Gasteiger partial charge in [0.2, 0.25) is 0 Å². The molecule has 0 fully saturated rings. The van der Waals surface area contributed by atoms with Crippen LogP contribution in [-0.2, 0) is 4.74 Å². The molecule has 7 heteroatoms. The summed E-state index contributed by atoms with van der Waals surface area (Å²) in [6.45, 7) is 0. The van der Waals surface area contributed by atoms with Crippen LogP contribution >= 0.6 is 34.5 Å². The Hall–Kier alpha value is -2.65. The van der Waals surface area contributed by atoms with Crippen LogP contribution in [0.25, 0.3) is 22.9 Å². The molecule has 0 saturated carbocycles. The highest BCUT2D eigenvalue weighted by molar-refractivity contribution is 7.11. The van der Waals surface area contributed by atoms with Crippen LogP contribution in [0.4, 0.5) is 0 Å². The van der Waals surface area contributed by atoms with Gasteiger partial charge in [0.15, 0.2) is 0 Å². The van der Waals surface area contributed by atoms with Gasteiger partial charge in [0.1, 0.15) is 11.1 Å². The van der Waals surface area contributed by atoms with Gasteiger partial charge in [-0.25, -0.2) is 9.78 Å². The fourth-order valence-corrected chi connectivity index (χ4v) is 3.42. The molecule has 1 aromatic heterocycles. The van der Waals surface area contributed by atoms with Gasteiger partial charge in [-0.05, 0) is 35.9 Å². The van der Waals surface area contributed by atoms with Crippen molar-refractivity contribution in [2.24, 2.45) is 0 Å². The number of hydrogen-bond acceptors (Lipinski definition) is 5. The number of methoxy groups -OCH3 is 1. The first-order valence-electron chi connectivity index (χ1n) is 7.73. The van der Waals surface area contributed by atoms with Gasteiger partial charge >= 0.3 is 5.97 Å². The van der Waals surface area contributed by atoms with E-state index in [9.17, 15) is 10.1 Å². The molecule has 4 nitrogen and oxygen atoms in total. The number of benzene rings is 2. The lowest BCUT2D eigenvalue weighted by Gasteiger charge is -2.00. The first-order valence-corrected chi connectivity index (χ1v) is 9.37. The van der Waals surface area contributed by atoms with Crippen molar-refractivity contribution in [1.82, 2.24) is 4.98 Å². The summed E-state index contributed by atoms with van der Waals surface area (Å²) in [7, 11) is 1.33. The van der Waals surface area contributed by atoms with Crippen molar-refractivity contribution in [1.29, 1.82) is 5.26 Å². The number of allylic oxidation sites excluding steroid dienone is 1. The van der Waals surface area contributed by atoms with Crippen LogP contribution < -0.4 is 0 Å². The zero-order valence-corrected chi connectivity index (χ0v) is 16.4. The van der Waals surface area contributed by atoms with Crippen molar-refractivity contribution < 1.29 is 9.53 Å². The quantitative estimate of drug-likeness (QED) is 0.389. The standard InChI is InChI=1S/C20H12Cl2N2O2S/c1-26-20(25)13-4-2-12(3-5-13)8-15(10-23)19-24-18(11-27-19)14-6-7-16(21)17(22)9-14/h2-9,11H,1H3. The van der Waals surface area contributed by atoms with E-state index in [1.165, 1.54) is 18.4 Å². The first kappa shape index (κ1) is 19.1. The van der Waals surface area contributed by atoms with Crippen LogP contribution in [0.1, 0.15) is 20.9 Å². The fraction of sp³-hybridized carbons (Fsp3) is 0.0500. The molecular formula is C20H12Cl2N2O2S. The Morgan fingerprint density at radius 3 is 2.56 bits per heavy atom. The molecule has 0 radical (unpaired) electrons.